The minimum atomic E-state index is -0.205. The molecule has 1 fully saturated rings. The highest BCUT2D eigenvalue weighted by atomic mass is 35.5. The van der Waals surface area contributed by atoms with Gasteiger partial charge in [0.1, 0.15) is 5.75 Å². The summed E-state index contributed by atoms with van der Waals surface area (Å²) in [4.78, 5) is 15.6. The van der Waals surface area contributed by atoms with Crippen LogP contribution in [0.3, 0.4) is 0 Å². The fraction of sp³-hybridized carbons (Fsp3) is 0.435. The van der Waals surface area contributed by atoms with Crippen LogP contribution in [0.1, 0.15) is 53.2 Å². The summed E-state index contributed by atoms with van der Waals surface area (Å²) < 4.78 is 5.46. The molecule has 0 aliphatic heterocycles. The Morgan fingerprint density at radius 2 is 1.82 bits per heavy atom. The van der Waals surface area contributed by atoms with Gasteiger partial charge in [-0.1, -0.05) is 54.8 Å². The Morgan fingerprint density at radius 1 is 1.18 bits per heavy atom. The third-order valence-electron chi connectivity index (χ3n) is 5.95. The maximum absolute atomic E-state index is 13.4. The van der Waals surface area contributed by atoms with E-state index in [-0.39, 0.29) is 17.5 Å². The molecular weight excluding hydrogens is 372 g/mol. The van der Waals surface area contributed by atoms with Crippen LogP contribution in [0.25, 0.3) is 0 Å². The van der Waals surface area contributed by atoms with Crippen LogP contribution in [0.15, 0.2) is 42.5 Å². The molecule has 5 heteroatoms. The summed E-state index contributed by atoms with van der Waals surface area (Å²) in [6.07, 6.45) is 4.40. The maximum atomic E-state index is 13.4. The fourth-order valence-electron chi connectivity index (χ4n) is 4.45. The van der Waals surface area contributed by atoms with Crippen molar-refractivity contribution in [3.8, 4) is 5.75 Å². The molecule has 4 nitrogen and oxygen atoms in total. The lowest BCUT2D eigenvalue weighted by Crippen LogP contribution is -2.53. The van der Waals surface area contributed by atoms with Gasteiger partial charge in [-0.25, -0.2) is 0 Å². The Labute approximate surface area is 172 Å². The second kappa shape index (κ2) is 8.54. The van der Waals surface area contributed by atoms with Crippen molar-refractivity contribution in [2.45, 2.75) is 44.2 Å². The van der Waals surface area contributed by atoms with Crippen molar-refractivity contribution in [3.63, 3.8) is 0 Å². The highest BCUT2D eigenvalue weighted by molar-refractivity contribution is 6.34. The number of rotatable bonds is 6. The van der Waals surface area contributed by atoms with Crippen LogP contribution in [0.5, 0.6) is 5.75 Å². The molecule has 2 aromatic carbocycles. The molecule has 2 aromatic rings. The highest BCUT2D eigenvalue weighted by Gasteiger charge is 2.45. The van der Waals surface area contributed by atoms with Gasteiger partial charge in [0.25, 0.3) is 5.91 Å². The third-order valence-corrected chi connectivity index (χ3v) is 6.25. The minimum absolute atomic E-state index is 0.124. The number of aryl methyl sites for hydroxylation is 1. The average molecular weight is 401 g/mol. The lowest BCUT2D eigenvalue weighted by molar-refractivity contribution is 0.0764. The molecule has 0 heterocycles. The quantitative estimate of drug-likeness (QED) is 0.741. The van der Waals surface area contributed by atoms with Crippen molar-refractivity contribution in [2.75, 3.05) is 21.2 Å². The van der Waals surface area contributed by atoms with Gasteiger partial charge in [0.05, 0.1) is 23.7 Å². The summed E-state index contributed by atoms with van der Waals surface area (Å²) in [6.45, 7) is 1.93. The molecule has 0 radical (unpaired) electrons. The number of carbonyl (C=O) groups is 1. The second-order valence-electron chi connectivity index (χ2n) is 7.85. The van der Waals surface area contributed by atoms with E-state index in [1.165, 1.54) is 0 Å². The Morgan fingerprint density at radius 3 is 2.39 bits per heavy atom. The van der Waals surface area contributed by atoms with E-state index in [1.54, 1.807) is 13.2 Å². The lowest BCUT2D eigenvalue weighted by atomic mass is 9.82. The van der Waals surface area contributed by atoms with E-state index in [0.29, 0.717) is 16.3 Å². The standard InChI is InChI=1S/C23H29ClN2O2/c1-16-14-18(24)20(19(15-16)28-4)22(27)25-21(17-10-6-5-7-11-17)23(26(2)3)12-8-9-13-23/h5-7,10-11,14-15,21H,8-9,12-13H2,1-4H3,(H,25,27). The summed E-state index contributed by atoms with van der Waals surface area (Å²) in [5, 5.41) is 3.71. The first-order chi connectivity index (χ1) is 13.4. The van der Waals surface area contributed by atoms with E-state index < -0.39 is 0 Å². The minimum Gasteiger partial charge on any atom is -0.496 e. The van der Waals surface area contributed by atoms with Gasteiger partial charge in [-0.2, -0.15) is 0 Å². The Hall–Kier alpha value is -2.04. The van der Waals surface area contributed by atoms with Crippen molar-refractivity contribution in [1.29, 1.82) is 0 Å². The lowest BCUT2D eigenvalue weighted by Gasteiger charge is -2.44. The first-order valence-corrected chi connectivity index (χ1v) is 10.1. The predicted octanol–water partition coefficient (Wildman–Crippen LogP) is 5.00. The second-order valence-corrected chi connectivity index (χ2v) is 8.25. The topological polar surface area (TPSA) is 41.6 Å². The van der Waals surface area contributed by atoms with Crippen molar-refractivity contribution >= 4 is 17.5 Å². The Bertz CT molecular complexity index is 830. The van der Waals surface area contributed by atoms with Crippen LogP contribution in [0, 0.1) is 6.92 Å². The van der Waals surface area contributed by atoms with Gasteiger partial charge < -0.3 is 15.0 Å². The molecule has 0 bridgehead atoms. The molecule has 1 atom stereocenters. The van der Waals surface area contributed by atoms with Crippen molar-refractivity contribution in [2.24, 2.45) is 0 Å². The number of nitrogens with zero attached hydrogens (tertiary/aromatic N) is 1. The summed E-state index contributed by atoms with van der Waals surface area (Å²) >= 11 is 6.44. The summed E-state index contributed by atoms with van der Waals surface area (Å²) in [7, 11) is 5.77. The molecule has 28 heavy (non-hydrogen) atoms. The van der Waals surface area contributed by atoms with Crippen molar-refractivity contribution in [3.05, 3.63) is 64.2 Å². The van der Waals surface area contributed by atoms with Crippen LogP contribution in [-0.2, 0) is 0 Å². The zero-order valence-electron chi connectivity index (χ0n) is 17.1. The number of amides is 1. The number of carbonyl (C=O) groups excluding carboxylic acids is 1. The summed E-state index contributed by atoms with van der Waals surface area (Å²) in [6, 6.07) is 13.7. The van der Waals surface area contributed by atoms with Gasteiger partial charge in [-0.3, -0.25) is 4.79 Å². The van der Waals surface area contributed by atoms with Crippen LogP contribution in [0.4, 0.5) is 0 Å². The van der Waals surface area contributed by atoms with Crippen molar-refractivity contribution < 1.29 is 9.53 Å². The number of likely N-dealkylation sites (N-methyl/N-ethyl adjacent to an activating group) is 1. The Balaban J connectivity index is 2.03. The number of hydrogen-bond donors (Lipinski definition) is 1. The monoisotopic (exact) mass is 400 g/mol. The van der Waals surface area contributed by atoms with Crippen molar-refractivity contribution in [1.82, 2.24) is 10.2 Å². The number of ether oxygens (including phenoxy) is 1. The molecule has 0 spiro atoms. The molecule has 1 aliphatic rings. The van der Waals surface area contributed by atoms with Gasteiger partial charge in [-0.15, -0.1) is 0 Å². The predicted molar refractivity (Wildman–Crippen MR) is 114 cm³/mol. The number of benzene rings is 2. The number of halogens is 1. The highest BCUT2D eigenvalue weighted by Crippen LogP contribution is 2.44. The van der Waals surface area contributed by atoms with Gasteiger partial charge in [0.15, 0.2) is 0 Å². The van der Waals surface area contributed by atoms with E-state index in [0.717, 1.165) is 36.8 Å². The van der Waals surface area contributed by atoms with E-state index in [9.17, 15) is 4.79 Å². The van der Waals surface area contributed by atoms with E-state index in [2.05, 4.69) is 36.4 Å². The molecule has 1 amide bonds. The maximum Gasteiger partial charge on any atom is 0.257 e. The smallest absolute Gasteiger partial charge is 0.257 e. The molecule has 3 rings (SSSR count). The fourth-order valence-corrected chi connectivity index (χ4v) is 4.80. The summed E-state index contributed by atoms with van der Waals surface area (Å²) in [5.41, 5.74) is 2.33. The zero-order chi connectivity index (χ0) is 20.3. The van der Waals surface area contributed by atoms with E-state index >= 15 is 0 Å². The largest absolute Gasteiger partial charge is 0.496 e. The zero-order valence-corrected chi connectivity index (χ0v) is 17.8. The van der Waals surface area contributed by atoms with Gasteiger partial charge >= 0.3 is 0 Å². The number of methoxy groups -OCH3 is 1. The molecule has 1 aliphatic carbocycles. The molecular formula is C23H29ClN2O2. The molecule has 1 N–H and O–H groups in total. The average Bonchev–Trinajstić information content (AvgIpc) is 3.17. The Kier molecular flexibility index (Phi) is 6.31. The van der Waals surface area contributed by atoms with E-state index in [4.69, 9.17) is 16.3 Å². The number of nitrogens with one attached hydrogen (secondary N) is 1. The van der Waals surface area contributed by atoms with Crippen LogP contribution in [0.2, 0.25) is 5.02 Å². The van der Waals surface area contributed by atoms with Crippen LogP contribution in [-0.4, -0.2) is 37.6 Å². The number of hydrogen-bond acceptors (Lipinski definition) is 3. The van der Waals surface area contributed by atoms with Gasteiger partial charge in [0.2, 0.25) is 0 Å². The molecule has 1 unspecified atom stereocenters. The normalized spacial score (nSPS) is 16.8. The molecule has 0 saturated heterocycles. The molecule has 0 aromatic heterocycles. The van der Waals surface area contributed by atoms with E-state index in [1.807, 2.05) is 31.2 Å². The SMILES string of the molecule is COc1cc(C)cc(Cl)c1C(=O)NC(c1ccccc1)C1(N(C)C)CCCC1. The molecule has 150 valence electrons. The first-order valence-electron chi connectivity index (χ1n) is 9.76. The van der Waals surface area contributed by atoms with Gasteiger partial charge in [-0.05, 0) is 57.1 Å². The first kappa shape index (κ1) is 20.7. The van der Waals surface area contributed by atoms with Crippen LogP contribution >= 0.6 is 11.6 Å². The van der Waals surface area contributed by atoms with Crippen LogP contribution < -0.4 is 10.1 Å². The molecule has 1 saturated carbocycles. The summed E-state index contributed by atoms with van der Waals surface area (Å²) in [5.74, 6) is 0.295. The van der Waals surface area contributed by atoms with Gasteiger partial charge in [0, 0.05) is 5.54 Å². The third kappa shape index (κ3) is 3.89.